The van der Waals surface area contributed by atoms with Gasteiger partial charge in [0, 0.05) is 9.90 Å². The van der Waals surface area contributed by atoms with Crippen molar-refractivity contribution < 1.29 is 9.53 Å². The molecule has 0 spiro atoms. The Morgan fingerprint density at radius 3 is 2.81 bits per heavy atom. The van der Waals surface area contributed by atoms with Crippen LogP contribution in [0.1, 0.15) is 33.5 Å². The Morgan fingerprint density at radius 2 is 2.14 bits per heavy atom. The smallest absolute Gasteiger partial charge is 0.265 e. The van der Waals surface area contributed by atoms with Gasteiger partial charge in [-0.05, 0) is 43.2 Å². The van der Waals surface area contributed by atoms with E-state index in [1.54, 1.807) is 25.3 Å². The molecule has 0 unspecified atom stereocenters. The number of carbonyl (C=O) groups excluding carboxylic acids is 1. The van der Waals surface area contributed by atoms with Crippen molar-refractivity contribution in [3.8, 4) is 5.75 Å². The SMILES string of the molecule is CCCc1cc(C(=O)Nc2cc(Cl)ccc2OC)sc1C. The van der Waals surface area contributed by atoms with Gasteiger partial charge in [0.2, 0.25) is 0 Å². The van der Waals surface area contributed by atoms with Crippen molar-refractivity contribution >= 4 is 34.5 Å². The van der Waals surface area contributed by atoms with Gasteiger partial charge in [-0.25, -0.2) is 0 Å². The molecule has 0 aliphatic rings. The lowest BCUT2D eigenvalue weighted by atomic mass is 10.1. The topological polar surface area (TPSA) is 38.3 Å². The summed E-state index contributed by atoms with van der Waals surface area (Å²) in [5.41, 5.74) is 1.82. The molecule has 1 aromatic carbocycles. The molecule has 0 radical (unpaired) electrons. The van der Waals surface area contributed by atoms with E-state index in [1.807, 2.05) is 13.0 Å². The molecule has 3 nitrogen and oxygen atoms in total. The lowest BCUT2D eigenvalue weighted by Crippen LogP contribution is -2.11. The van der Waals surface area contributed by atoms with Crippen molar-refractivity contribution in [2.75, 3.05) is 12.4 Å². The lowest BCUT2D eigenvalue weighted by molar-refractivity contribution is 0.103. The van der Waals surface area contributed by atoms with Crippen molar-refractivity contribution in [3.63, 3.8) is 0 Å². The van der Waals surface area contributed by atoms with Crippen LogP contribution in [0, 0.1) is 6.92 Å². The van der Waals surface area contributed by atoms with Gasteiger partial charge in [-0.2, -0.15) is 0 Å². The molecule has 0 saturated heterocycles. The number of ether oxygens (including phenoxy) is 1. The van der Waals surface area contributed by atoms with Gasteiger partial charge >= 0.3 is 0 Å². The molecule has 21 heavy (non-hydrogen) atoms. The molecule has 2 aromatic rings. The van der Waals surface area contributed by atoms with Gasteiger partial charge in [-0.15, -0.1) is 11.3 Å². The first-order chi connectivity index (χ1) is 10.0. The quantitative estimate of drug-likeness (QED) is 0.847. The van der Waals surface area contributed by atoms with Crippen molar-refractivity contribution in [2.45, 2.75) is 26.7 Å². The molecule has 0 aliphatic heterocycles. The molecule has 0 saturated carbocycles. The summed E-state index contributed by atoms with van der Waals surface area (Å²) in [6, 6.07) is 7.12. The summed E-state index contributed by atoms with van der Waals surface area (Å²) in [4.78, 5) is 14.3. The standard InChI is InChI=1S/C16H18ClNO2S/c1-4-5-11-8-15(21-10(11)2)16(19)18-13-9-12(17)6-7-14(13)20-3/h6-9H,4-5H2,1-3H3,(H,18,19). The summed E-state index contributed by atoms with van der Waals surface area (Å²) in [5.74, 6) is 0.459. The second-order valence-corrected chi connectivity index (χ2v) is 6.43. The van der Waals surface area contributed by atoms with Crippen LogP contribution < -0.4 is 10.1 Å². The summed E-state index contributed by atoms with van der Waals surface area (Å²) in [7, 11) is 1.56. The molecule has 2 rings (SSSR count). The molecule has 1 heterocycles. The van der Waals surface area contributed by atoms with Crippen LogP contribution in [0.25, 0.3) is 0 Å². The molecule has 1 N–H and O–H groups in total. The first-order valence-electron chi connectivity index (χ1n) is 6.79. The summed E-state index contributed by atoms with van der Waals surface area (Å²) >= 11 is 7.48. The van der Waals surface area contributed by atoms with Crippen LogP contribution >= 0.6 is 22.9 Å². The van der Waals surface area contributed by atoms with Crippen LogP contribution in [-0.2, 0) is 6.42 Å². The number of halogens is 1. The van der Waals surface area contributed by atoms with Crippen LogP contribution in [0.4, 0.5) is 5.69 Å². The zero-order valence-electron chi connectivity index (χ0n) is 12.3. The Morgan fingerprint density at radius 1 is 1.38 bits per heavy atom. The highest BCUT2D eigenvalue weighted by molar-refractivity contribution is 7.14. The fourth-order valence-corrected chi connectivity index (χ4v) is 3.25. The van der Waals surface area contributed by atoms with Crippen LogP contribution in [0.3, 0.4) is 0 Å². The third-order valence-corrected chi connectivity index (χ3v) is 4.50. The maximum atomic E-state index is 12.4. The van der Waals surface area contributed by atoms with E-state index >= 15 is 0 Å². The van der Waals surface area contributed by atoms with E-state index < -0.39 is 0 Å². The third-order valence-electron chi connectivity index (χ3n) is 3.17. The molecule has 0 bridgehead atoms. The summed E-state index contributed by atoms with van der Waals surface area (Å²) in [5, 5.41) is 3.42. The molecule has 1 amide bonds. The number of hydrogen-bond acceptors (Lipinski definition) is 3. The highest BCUT2D eigenvalue weighted by Crippen LogP contribution is 2.29. The largest absolute Gasteiger partial charge is 0.495 e. The minimum absolute atomic E-state index is 0.133. The molecule has 0 aliphatic carbocycles. The Balaban J connectivity index is 2.22. The van der Waals surface area contributed by atoms with E-state index in [1.165, 1.54) is 21.8 Å². The number of rotatable bonds is 5. The van der Waals surface area contributed by atoms with Crippen LogP contribution in [0.15, 0.2) is 24.3 Å². The second-order valence-electron chi connectivity index (χ2n) is 4.74. The van der Waals surface area contributed by atoms with Gasteiger partial charge < -0.3 is 10.1 Å². The average molecular weight is 324 g/mol. The predicted octanol–water partition coefficient (Wildman–Crippen LogP) is 4.92. The fraction of sp³-hybridized carbons (Fsp3) is 0.312. The van der Waals surface area contributed by atoms with Crippen LogP contribution in [0.2, 0.25) is 5.02 Å². The van der Waals surface area contributed by atoms with Crippen molar-refractivity contribution in [1.29, 1.82) is 0 Å². The number of aryl methyl sites for hydroxylation is 2. The summed E-state index contributed by atoms with van der Waals surface area (Å²) in [6.07, 6.45) is 2.07. The maximum Gasteiger partial charge on any atom is 0.265 e. The molecule has 0 fully saturated rings. The Labute approximate surface area is 133 Å². The van der Waals surface area contributed by atoms with E-state index in [0.717, 1.165) is 12.8 Å². The maximum absolute atomic E-state index is 12.4. The Hall–Kier alpha value is -1.52. The molecular formula is C16H18ClNO2S. The van der Waals surface area contributed by atoms with Gasteiger partial charge in [0.05, 0.1) is 17.7 Å². The number of hydrogen-bond donors (Lipinski definition) is 1. The highest BCUT2D eigenvalue weighted by Gasteiger charge is 2.14. The summed E-state index contributed by atoms with van der Waals surface area (Å²) < 4.78 is 5.23. The van der Waals surface area contributed by atoms with Gasteiger partial charge in [-0.1, -0.05) is 24.9 Å². The van der Waals surface area contributed by atoms with E-state index in [4.69, 9.17) is 16.3 Å². The van der Waals surface area contributed by atoms with Crippen molar-refractivity contribution in [1.82, 2.24) is 0 Å². The van der Waals surface area contributed by atoms with E-state index in [0.29, 0.717) is 21.3 Å². The molecule has 5 heteroatoms. The van der Waals surface area contributed by atoms with E-state index in [-0.39, 0.29) is 5.91 Å². The number of carbonyl (C=O) groups is 1. The molecule has 112 valence electrons. The normalized spacial score (nSPS) is 10.5. The minimum atomic E-state index is -0.133. The Kier molecular flexibility index (Phi) is 5.26. The first-order valence-corrected chi connectivity index (χ1v) is 7.98. The van der Waals surface area contributed by atoms with Crippen LogP contribution in [0.5, 0.6) is 5.75 Å². The zero-order valence-corrected chi connectivity index (χ0v) is 13.9. The number of methoxy groups -OCH3 is 1. The molecule has 0 atom stereocenters. The molecular weight excluding hydrogens is 306 g/mol. The number of thiophene rings is 1. The average Bonchev–Trinajstić information content (AvgIpc) is 2.81. The van der Waals surface area contributed by atoms with Crippen molar-refractivity contribution in [2.24, 2.45) is 0 Å². The van der Waals surface area contributed by atoms with Gasteiger partial charge in [-0.3, -0.25) is 4.79 Å². The van der Waals surface area contributed by atoms with E-state index in [9.17, 15) is 4.79 Å². The van der Waals surface area contributed by atoms with Gasteiger partial charge in [0.15, 0.2) is 0 Å². The number of benzene rings is 1. The second kappa shape index (κ2) is 6.96. The van der Waals surface area contributed by atoms with E-state index in [2.05, 4.69) is 12.2 Å². The minimum Gasteiger partial charge on any atom is -0.495 e. The first kappa shape index (κ1) is 15.9. The predicted molar refractivity (Wildman–Crippen MR) is 89.0 cm³/mol. The third kappa shape index (κ3) is 3.77. The summed E-state index contributed by atoms with van der Waals surface area (Å²) in [6.45, 7) is 4.18. The fourth-order valence-electron chi connectivity index (χ4n) is 2.11. The number of amides is 1. The lowest BCUT2D eigenvalue weighted by Gasteiger charge is -2.09. The van der Waals surface area contributed by atoms with Gasteiger partial charge in [0.1, 0.15) is 5.75 Å². The number of nitrogens with one attached hydrogen (secondary N) is 1. The zero-order chi connectivity index (χ0) is 15.4. The van der Waals surface area contributed by atoms with Crippen LogP contribution in [-0.4, -0.2) is 13.0 Å². The Bertz CT molecular complexity index is 652. The van der Waals surface area contributed by atoms with Crippen molar-refractivity contribution in [3.05, 3.63) is 44.6 Å². The molecule has 1 aromatic heterocycles. The highest BCUT2D eigenvalue weighted by atomic mass is 35.5. The number of anilines is 1. The van der Waals surface area contributed by atoms with Gasteiger partial charge in [0.25, 0.3) is 5.91 Å². The monoisotopic (exact) mass is 323 g/mol.